The van der Waals surface area contributed by atoms with Crippen LogP contribution in [0.2, 0.25) is 0 Å². The molecular formula is C11H19NO. The molecule has 1 heterocycles. The van der Waals surface area contributed by atoms with E-state index in [1.54, 1.807) is 0 Å². The summed E-state index contributed by atoms with van der Waals surface area (Å²) in [5.41, 5.74) is 0. The minimum atomic E-state index is 0.469. The molecule has 1 fully saturated rings. The molecule has 2 nitrogen and oxygen atoms in total. The summed E-state index contributed by atoms with van der Waals surface area (Å²) in [6, 6.07) is 0.496. The second-order valence-corrected chi connectivity index (χ2v) is 3.49. The van der Waals surface area contributed by atoms with E-state index in [0.29, 0.717) is 12.1 Å². The highest BCUT2D eigenvalue weighted by atomic mass is 16.5. The lowest BCUT2D eigenvalue weighted by atomic mass is 10.0. The van der Waals surface area contributed by atoms with Crippen LogP contribution in [0.1, 0.15) is 32.6 Å². The van der Waals surface area contributed by atoms with Crippen molar-refractivity contribution in [2.24, 2.45) is 0 Å². The quantitative estimate of drug-likeness (QED) is 0.664. The molecule has 1 aliphatic rings. The Balaban J connectivity index is 2.24. The molecule has 1 aliphatic heterocycles. The molecule has 0 spiro atoms. The van der Waals surface area contributed by atoms with Gasteiger partial charge in [-0.05, 0) is 33.2 Å². The van der Waals surface area contributed by atoms with Crippen molar-refractivity contribution in [3.63, 3.8) is 0 Å². The van der Waals surface area contributed by atoms with E-state index in [0.717, 1.165) is 19.4 Å². The SMILES string of the molecule is CC#CCC(CC1CCCO1)NC. The third kappa shape index (κ3) is 3.80. The predicted octanol–water partition coefficient (Wildman–Crippen LogP) is 1.56. The molecular weight excluding hydrogens is 162 g/mol. The summed E-state index contributed by atoms with van der Waals surface area (Å²) in [7, 11) is 2.00. The zero-order valence-electron chi connectivity index (χ0n) is 8.60. The van der Waals surface area contributed by atoms with Crippen molar-refractivity contribution in [1.82, 2.24) is 5.32 Å². The smallest absolute Gasteiger partial charge is 0.0591 e. The molecule has 2 atom stereocenters. The molecule has 74 valence electrons. The van der Waals surface area contributed by atoms with Crippen molar-refractivity contribution < 1.29 is 4.74 Å². The molecule has 0 aromatic heterocycles. The first-order valence-electron chi connectivity index (χ1n) is 5.05. The van der Waals surface area contributed by atoms with Gasteiger partial charge in [-0.15, -0.1) is 11.8 Å². The maximum atomic E-state index is 5.58. The highest BCUT2D eigenvalue weighted by Crippen LogP contribution is 2.17. The predicted molar refractivity (Wildman–Crippen MR) is 54.5 cm³/mol. The summed E-state index contributed by atoms with van der Waals surface area (Å²) in [5, 5.41) is 3.28. The Labute approximate surface area is 81.0 Å². The van der Waals surface area contributed by atoms with Crippen molar-refractivity contribution in [2.75, 3.05) is 13.7 Å². The Kier molecular flexibility index (Phi) is 4.88. The standard InChI is InChI=1S/C11H19NO/c1-3-4-6-10(12-2)9-11-7-5-8-13-11/h10-12H,5-9H2,1-2H3. The molecule has 1 N–H and O–H groups in total. The summed E-state index contributed by atoms with van der Waals surface area (Å²) < 4.78 is 5.58. The molecule has 2 unspecified atom stereocenters. The van der Waals surface area contributed by atoms with E-state index in [2.05, 4.69) is 17.2 Å². The fourth-order valence-corrected chi connectivity index (χ4v) is 1.68. The molecule has 0 radical (unpaired) electrons. The zero-order valence-corrected chi connectivity index (χ0v) is 8.60. The van der Waals surface area contributed by atoms with E-state index in [-0.39, 0.29) is 0 Å². The highest BCUT2D eigenvalue weighted by Gasteiger charge is 2.19. The number of rotatable bonds is 4. The van der Waals surface area contributed by atoms with Crippen LogP contribution < -0.4 is 5.32 Å². The molecule has 0 aliphatic carbocycles. The van der Waals surface area contributed by atoms with Crippen LogP contribution >= 0.6 is 0 Å². The van der Waals surface area contributed by atoms with Gasteiger partial charge in [-0.25, -0.2) is 0 Å². The summed E-state index contributed by atoms with van der Waals surface area (Å²) >= 11 is 0. The van der Waals surface area contributed by atoms with Gasteiger partial charge in [0.05, 0.1) is 6.10 Å². The lowest BCUT2D eigenvalue weighted by molar-refractivity contribution is 0.0958. The third-order valence-electron chi connectivity index (χ3n) is 2.50. The summed E-state index contributed by atoms with van der Waals surface area (Å²) in [5.74, 6) is 6.03. The summed E-state index contributed by atoms with van der Waals surface area (Å²) in [6.07, 6.45) is 4.95. The van der Waals surface area contributed by atoms with E-state index in [4.69, 9.17) is 4.74 Å². The molecule has 1 rings (SSSR count). The van der Waals surface area contributed by atoms with E-state index in [1.807, 2.05) is 14.0 Å². The second kappa shape index (κ2) is 6.01. The van der Waals surface area contributed by atoms with Gasteiger partial charge in [0.15, 0.2) is 0 Å². The lowest BCUT2D eigenvalue weighted by Crippen LogP contribution is -2.29. The molecule has 13 heavy (non-hydrogen) atoms. The number of hydrogen-bond donors (Lipinski definition) is 1. The Bertz CT molecular complexity index is 186. The number of hydrogen-bond acceptors (Lipinski definition) is 2. The Morgan fingerprint density at radius 3 is 3.00 bits per heavy atom. The van der Waals surface area contributed by atoms with Crippen LogP contribution in [0.5, 0.6) is 0 Å². The van der Waals surface area contributed by atoms with Gasteiger partial charge in [0.1, 0.15) is 0 Å². The van der Waals surface area contributed by atoms with Crippen LogP contribution in [0, 0.1) is 11.8 Å². The van der Waals surface area contributed by atoms with Gasteiger partial charge >= 0.3 is 0 Å². The van der Waals surface area contributed by atoms with Crippen LogP contribution in [0.4, 0.5) is 0 Å². The fourth-order valence-electron chi connectivity index (χ4n) is 1.68. The fraction of sp³-hybridized carbons (Fsp3) is 0.818. The molecule has 1 saturated heterocycles. The van der Waals surface area contributed by atoms with Crippen LogP contribution in [0.15, 0.2) is 0 Å². The first-order chi connectivity index (χ1) is 6.36. The Morgan fingerprint density at radius 1 is 1.62 bits per heavy atom. The highest BCUT2D eigenvalue weighted by molar-refractivity contribution is 4.98. The van der Waals surface area contributed by atoms with Gasteiger partial charge in [-0.1, -0.05) is 0 Å². The van der Waals surface area contributed by atoms with E-state index in [9.17, 15) is 0 Å². The summed E-state index contributed by atoms with van der Waals surface area (Å²) in [4.78, 5) is 0. The Morgan fingerprint density at radius 2 is 2.46 bits per heavy atom. The van der Waals surface area contributed by atoms with Crippen LogP contribution in [-0.4, -0.2) is 25.8 Å². The van der Waals surface area contributed by atoms with Crippen molar-refractivity contribution in [3.8, 4) is 11.8 Å². The topological polar surface area (TPSA) is 21.3 Å². The van der Waals surface area contributed by atoms with Gasteiger partial charge < -0.3 is 10.1 Å². The van der Waals surface area contributed by atoms with Crippen molar-refractivity contribution in [1.29, 1.82) is 0 Å². The third-order valence-corrected chi connectivity index (χ3v) is 2.50. The first kappa shape index (κ1) is 10.6. The van der Waals surface area contributed by atoms with E-state index >= 15 is 0 Å². The minimum Gasteiger partial charge on any atom is -0.378 e. The van der Waals surface area contributed by atoms with Crippen LogP contribution in [0.3, 0.4) is 0 Å². The van der Waals surface area contributed by atoms with Crippen LogP contribution in [0.25, 0.3) is 0 Å². The van der Waals surface area contributed by atoms with E-state index in [1.165, 1.54) is 12.8 Å². The average Bonchev–Trinajstić information content (AvgIpc) is 2.64. The first-order valence-corrected chi connectivity index (χ1v) is 5.05. The van der Waals surface area contributed by atoms with Crippen molar-refractivity contribution >= 4 is 0 Å². The zero-order chi connectivity index (χ0) is 9.52. The van der Waals surface area contributed by atoms with Crippen molar-refractivity contribution in [2.45, 2.75) is 44.8 Å². The van der Waals surface area contributed by atoms with Gasteiger partial charge in [-0.2, -0.15) is 0 Å². The van der Waals surface area contributed by atoms with Gasteiger partial charge in [0.25, 0.3) is 0 Å². The van der Waals surface area contributed by atoms with E-state index < -0.39 is 0 Å². The molecule has 0 amide bonds. The molecule has 2 heteroatoms. The number of ether oxygens (including phenoxy) is 1. The second-order valence-electron chi connectivity index (χ2n) is 3.49. The maximum absolute atomic E-state index is 5.58. The minimum absolute atomic E-state index is 0.469. The van der Waals surface area contributed by atoms with Gasteiger partial charge in [-0.3, -0.25) is 0 Å². The normalized spacial score (nSPS) is 23.7. The van der Waals surface area contributed by atoms with Crippen LogP contribution in [-0.2, 0) is 4.74 Å². The molecule has 0 saturated carbocycles. The average molecular weight is 181 g/mol. The maximum Gasteiger partial charge on any atom is 0.0591 e. The van der Waals surface area contributed by atoms with Crippen molar-refractivity contribution in [3.05, 3.63) is 0 Å². The Hall–Kier alpha value is -0.520. The summed E-state index contributed by atoms with van der Waals surface area (Å²) in [6.45, 7) is 2.83. The molecule has 0 bridgehead atoms. The van der Waals surface area contributed by atoms with Gasteiger partial charge in [0.2, 0.25) is 0 Å². The number of nitrogens with one attached hydrogen (secondary N) is 1. The lowest BCUT2D eigenvalue weighted by Gasteiger charge is -2.17. The monoisotopic (exact) mass is 181 g/mol. The van der Waals surface area contributed by atoms with Gasteiger partial charge in [0, 0.05) is 19.1 Å². The molecule has 0 aromatic carbocycles. The largest absolute Gasteiger partial charge is 0.378 e. The molecule has 0 aromatic rings.